The fourth-order valence-corrected chi connectivity index (χ4v) is 2.54. The molecule has 0 bridgehead atoms. The van der Waals surface area contributed by atoms with Gasteiger partial charge < -0.3 is 0 Å². The number of halogens is 1. The largest absolute Gasteiger partial charge is 0.273 e. The van der Waals surface area contributed by atoms with Crippen molar-refractivity contribution in [2.45, 2.75) is 71.6 Å². The maximum absolute atomic E-state index is 11.8. The lowest BCUT2D eigenvalue weighted by atomic mass is 10.1. The lowest BCUT2D eigenvalue weighted by Crippen LogP contribution is -2.19. The molecular formula is C19H29ClN2O. The number of hydrazone groups is 1. The van der Waals surface area contributed by atoms with Gasteiger partial charge in [-0.1, -0.05) is 76.1 Å². The van der Waals surface area contributed by atoms with Gasteiger partial charge in [0, 0.05) is 11.4 Å². The van der Waals surface area contributed by atoms with Crippen LogP contribution in [0.3, 0.4) is 0 Å². The second-order valence-corrected chi connectivity index (χ2v) is 6.26. The number of nitrogens with zero attached hydrogens (tertiary/aromatic N) is 1. The van der Waals surface area contributed by atoms with E-state index in [0.717, 1.165) is 30.5 Å². The van der Waals surface area contributed by atoms with Gasteiger partial charge in [-0.2, -0.15) is 5.10 Å². The minimum absolute atomic E-state index is 0.00142. The summed E-state index contributed by atoms with van der Waals surface area (Å²) in [6.07, 6.45) is 9.79. The monoisotopic (exact) mass is 336 g/mol. The summed E-state index contributed by atoms with van der Waals surface area (Å²) in [4.78, 5) is 11.8. The molecule has 0 atom stereocenters. The highest BCUT2D eigenvalue weighted by atomic mass is 35.5. The van der Waals surface area contributed by atoms with Crippen molar-refractivity contribution in [2.24, 2.45) is 5.10 Å². The van der Waals surface area contributed by atoms with Crippen LogP contribution in [0, 0.1) is 0 Å². The molecule has 0 unspecified atom stereocenters. The Kier molecular flexibility index (Phi) is 10.4. The molecule has 0 saturated heterocycles. The van der Waals surface area contributed by atoms with Crippen molar-refractivity contribution < 1.29 is 4.79 Å². The number of amides is 1. The summed E-state index contributed by atoms with van der Waals surface area (Å²) in [6, 6.07) is 7.52. The lowest BCUT2D eigenvalue weighted by Gasteiger charge is -2.06. The summed E-state index contributed by atoms with van der Waals surface area (Å²) in [5.41, 5.74) is 4.54. The molecule has 0 aliphatic carbocycles. The van der Waals surface area contributed by atoms with Gasteiger partial charge in [-0.15, -0.1) is 0 Å². The van der Waals surface area contributed by atoms with Crippen molar-refractivity contribution in [3.63, 3.8) is 0 Å². The van der Waals surface area contributed by atoms with Crippen LogP contribution < -0.4 is 5.43 Å². The van der Waals surface area contributed by atoms with Gasteiger partial charge in [-0.25, -0.2) is 5.43 Å². The Bertz CT molecular complexity index is 483. The van der Waals surface area contributed by atoms with E-state index in [0.29, 0.717) is 11.4 Å². The number of unbranched alkanes of at least 4 members (excludes halogenated alkanes) is 6. The second-order valence-electron chi connectivity index (χ2n) is 5.83. The van der Waals surface area contributed by atoms with Gasteiger partial charge in [0.25, 0.3) is 0 Å². The van der Waals surface area contributed by atoms with E-state index in [1.807, 2.05) is 31.2 Å². The molecule has 1 amide bonds. The van der Waals surface area contributed by atoms with Crippen LogP contribution in [0.2, 0.25) is 5.02 Å². The Morgan fingerprint density at radius 3 is 2.22 bits per heavy atom. The highest BCUT2D eigenvalue weighted by Crippen LogP contribution is 2.12. The van der Waals surface area contributed by atoms with Gasteiger partial charge in [0.15, 0.2) is 0 Å². The average Bonchev–Trinajstić information content (AvgIpc) is 2.56. The van der Waals surface area contributed by atoms with Crippen LogP contribution in [-0.4, -0.2) is 11.6 Å². The molecule has 0 aromatic heterocycles. The Hall–Kier alpha value is -1.35. The predicted molar refractivity (Wildman–Crippen MR) is 99.0 cm³/mol. The topological polar surface area (TPSA) is 41.5 Å². The Balaban J connectivity index is 2.28. The van der Waals surface area contributed by atoms with Gasteiger partial charge in [-0.05, 0) is 30.5 Å². The first-order chi connectivity index (χ1) is 11.2. The minimum atomic E-state index is -0.00142. The minimum Gasteiger partial charge on any atom is -0.273 e. The van der Waals surface area contributed by atoms with Gasteiger partial charge in [0.05, 0.1) is 5.71 Å². The SMILES string of the molecule is CCCCCCCCCC(=O)NN=C(CC)c1ccc(Cl)cc1. The van der Waals surface area contributed by atoms with Crippen molar-refractivity contribution in [1.29, 1.82) is 0 Å². The normalized spacial score (nSPS) is 11.5. The third kappa shape index (κ3) is 8.75. The van der Waals surface area contributed by atoms with Crippen LogP contribution in [-0.2, 0) is 4.79 Å². The average molecular weight is 337 g/mol. The van der Waals surface area contributed by atoms with Crippen molar-refractivity contribution >= 4 is 23.2 Å². The molecular weight excluding hydrogens is 308 g/mol. The number of benzene rings is 1. The number of nitrogens with one attached hydrogen (secondary N) is 1. The first-order valence-electron chi connectivity index (χ1n) is 8.78. The van der Waals surface area contributed by atoms with Crippen molar-refractivity contribution in [3.05, 3.63) is 34.9 Å². The molecule has 0 saturated carbocycles. The van der Waals surface area contributed by atoms with Crippen molar-refractivity contribution in [1.82, 2.24) is 5.43 Å². The van der Waals surface area contributed by atoms with Gasteiger partial charge >= 0.3 is 0 Å². The molecule has 0 aliphatic rings. The third-order valence-corrected chi connectivity index (χ3v) is 4.09. The molecule has 3 nitrogen and oxygen atoms in total. The molecule has 0 fully saturated rings. The summed E-state index contributed by atoms with van der Waals surface area (Å²) < 4.78 is 0. The Morgan fingerprint density at radius 1 is 1.00 bits per heavy atom. The third-order valence-electron chi connectivity index (χ3n) is 3.84. The molecule has 128 valence electrons. The van der Waals surface area contributed by atoms with Crippen LogP contribution in [0.25, 0.3) is 0 Å². The van der Waals surface area contributed by atoms with E-state index in [1.54, 1.807) is 0 Å². The summed E-state index contributed by atoms with van der Waals surface area (Å²) in [5, 5.41) is 4.96. The van der Waals surface area contributed by atoms with Crippen LogP contribution in [0.15, 0.2) is 29.4 Å². The van der Waals surface area contributed by atoms with E-state index in [2.05, 4.69) is 17.5 Å². The molecule has 4 heteroatoms. The number of rotatable bonds is 11. The fraction of sp³-hybridized carbons (Fsp3) is 0.579. The van der Waals surface area contributed by atoms with E-state index in [1.165, 1.54) is 32.1 Å². The van der Waals surface area contributed by atoms with E-state index in [9.17, 15) is 4.79 Å². The van der Waals surface area contributed by atoms with E-state index >= 15 is 0 Å². The standard InChI is InChI=1S/C19H29ClN2O/c1-3-5-6-7-8-9-10-11-19(23)22-21-18(4-2)16-12-14-17(20)15-13-16/h12-15H,3-11H2,1-2H3,(H,22,23). The Labute approximate surface area is 145 Å². The molecule has 1 aromatic carbocycles. The van der Waals surface area contributed by atoms with Crippen molar-refractivity contribution in [3.8, 4) is 0 Å². The molecule has 1 N–H and O–H groups in total. The first-order valence-corrected chi connectivity index (χ1v) is 9.16. The maximum atomic E-state index is 11.8. The maximum Gasteiger partial charge on any atom is 0.240 e. The molecule has 0 aliphatic heterocycles. The molecule has 0 radical (unpaired) electrons. The zero-order chi connectivity index (χ0) is 16.9. The van der Waals surface area contributed by atoms with Crippen molar-refractivity contribution in [2.75, 3.05) is 0 Å². The number of carbonyl (C=O) groups is 1. The summed E-state index contributed by atoms with van der Waals surface area (Å²) >= 11 is 5.89. The molecule has 0 spiro atoms. The lowest BCUT2D eigenvalue weighted by molar-refractivity contribution is -0.121. The summed E-state index contributed by atoms with van der Waals surface area (Å²) in [7, 11) is 0. The summed E-state index contributed by atoms with van der Waals surface area (Å²) in [6.45, 7) is 4.25. The van der Waals surface area contributed by atoms with Crippen LogP contribution >= 0.6 is 11.6 Å². The zero-order valence-corrected chi connectivity index (χ0v) is 15.2. The van der Waals surface area contributed by atoms with Gasteiger partial charge in [0.1, 0.15) is 0 Å². The smallest absolute Gasteiger partial charge is 0.240 e. The highest BCUT2D eigenvalue weighted by Gasteiger charge is 2.04. The molecule has 23 heavy (non-hydrogen) atoms. The van der Waals surface area contributed by atoms with Gasteiger partial charge in [0.2, 0.25) is 5.91 Å². The van der Waals surface area contributed by atoms with Crippen LogP contribution in [0.1, 0.15) is 77.2 Å². The van der Waals surface area contributed by atoms with E-state index < -0.39 is 0 Å². The highest BCUT2D eigenvalue weighted by molar-refractivity contribution is 6.30. The van der Waals surface area contributed by atoms with Crippen LogP contribution in [0.4, 0.5) is 0 Å². The predicted octanol–water partition coefficient (Wildman–Crippen LogP) is 5.71. The molecule has 1 aromatic rings. The first kappa shape index (κ1) is 19.7. The molecule has 0 heterocycles. The van der Waals surface area contributed by atoms with Crippen LogP contribution in [0.5, 0.6) is 0 Å². The van der Waals surface area contributed by atoms with E-state index in [-0.39, 0.29) is 5.91 Å². The second kappa shape index (κ2) is 12.1. The number of carbonyl (C=O) groups excluding carboxylic acids is 1. The zero-order valence-electron chi connectivity index (χ0n) is 14.4. The number of hydrogen-bond acceptors (Lipinski definition) is 2. The van der Waals surface area contributed by atoms with Gasteiger partial charge in [-0.3, -0.25) is 4.79 Å². The Morgan fingerprint density at radius 2 is 1.61 bits per heavy atom. The number of hydrogen-bond donors (Lipinski definition) is 1. The molecule has 1 rings (SSSR count). The quantitative estimate of drug-likeness (QED) is 0.314. The fourth-order valence-electron chi connectivity index (χ4n) is 2.42. The summed E-state index contributed by atoms with van der Waals surface area (Å²) in [5.74, 6) is -0.00142. The van der Waals surface area contributed by atoms with E-state index in [4.69, 9.17) is 11.6 Å².